The molecule has 0 amide bonds. The van der Waals surface area contributed by atoms with Crippen molar-refractivity contribution in [1.82, 2.24) is 0 Å². The van der Waals surface area contributed by atoms with Gasteiger partial charge in [0.15, 0.2) is 0 Å². The van der Waals surface area contributed by atoms with Crippen LogP contribution < -0.4 is 5.73 Å². The van der Waals surface area contributed by atoms with Gasteiger partial charge in [-0.2, -0.15) is 0 Å². The number of nitrogen functional groups attached to an aromatic ring is 1. The summed E-state index contributed by atoms with van der Waals surface area (Å²) in [6.07, 6.45) is 1.45. The van der Waals surface area contributed by atoms with Crippen LogP contribution in [-0.4, -0.2) is 31.4 Å². The number of esters is 2. The van der Waals surface area contributed by atoms with E-state index < -0.39 is 11.9 Å². The molecule has 0 aliphatic heterocycles. The lowest BCUT2D eigenvalue weighted by Gasteiger charge is -2.05. The van der Waals surface area contributed by atoms with Crippen LogP contribution in [-0.2, 0) is 9.47 Å². The SMILES string of the molecule is CCOC(=O)c1c(N)sc(/N=C/c2ccc(F)cc2)c1C(=O)OCC. The number of thiophene rings is 1. The smallest absolute Gasteiger partial charge is 0.342 e. The van der Waals surface area contributed by atoms with Gasteiger partial charge >= 0.3 is 11.9 Å². The molecule has 2 N–H and O–H groups in total. The molecule has 2 aromatic rings. The average molecular weight is 364 g/mol. The predicted octanol–water partition coefficient (Wildman–Crippen LogP) is 3.57. The van der Waals surface area contributed by atoms with Crippen molar-refractivity contribution in [1.29, 1.82) is 0 Å². The van der Waals surface area contributed by atoms with Crippen molar-refractivity contribution in [2.24, 2.45) is 4.99 Å². The van der Waals surface area contributed by atoms with Crippen molar-refractivity contribution in [2.45, 2.75) is 13.8 Å². The van der Waals surface area contributed by atoms with Crippen LogP contribution in [0, 0.1) is 5.82 Å². The topological polar surface area (TPSA) is 91.0 Å². The summed E-state index contributed by atoms with van der Waals surface area (Å²) in [6, 6.07) is 5.65. The largest absolute Gasteiger partial charge is 0.462 e. The van der Waals surface area contributed by atoms with Gasteiger partial charge in [0.2, 0.25) is 0 Å². The number of carbonyl (C=O) groups is 2. The molecule has 0 bridgehead atoms. The molecule has 1 aromatic heterocycles. The number of rotatable bonds is 6. The van der Waals surface area contributed by atoms with Gasteiger partial charge in [-0.1, -0.05) is 23.5 Å². The molecular weight excluding hydrogens is 347 g/mol. The third-order valence-corrected chi connectivity index (χ3v) is 4.00. The zero-order valence-corrected chi connectivity index (χ0v) is 14.6. The van der Waals surface area contributed by atoms with Gasteiger partial charge in [0.1, 0.15) is 26.9 Å². The molecule has 0 aliphatic rings. The lowest BCUT2D eigenvalue weighted by Crippen LogP contribution is -2.13. The van der Waals surface area contributed by atoms with E-state index in [0.717, 1.165) is 11.3 Å². The summed E-state index contributed by atoms with van der Waals surface area (Å²) in [5, 5.41) is 0.344. The highest BCUT2D eigenvalue weighted by Crippen LogP contribution is 2.38. The molecule has 1 aromatic carbocycles. The number of anilines is 1. The van der Waals surface area contributed by atoms with Crippen LogP contribution in [0.3, 0.4) is 0 Å². The second-order valence-electron chi connectivity index (χ2n) is 4.77. The standard InChI is InChI=1S/C17H17FN2O4S/c1-3-23-16(21)12-13(17(22)24-4-2)15(25-14(12)19)20-9-10-5-7-11(18)8-6-10/h5-9H,3-4,19H2,1-2H3/b20-9+. The Labute approximate surface area is 148 Å². The lowest BCUT2D eigenvalue weighted by molar-refractivity contribution is 0.0481. The maximum absolute atomic E-state index is 13.0. The number of hydrogen-bond donors (Lipinski definition) is 1. The molecule has 25 heavy (non-hydrogen) atoms. The van der Waals surface area contributed by atoms with Gasteiger partial charge in [-0.3, -0.25) is 0 Å². The zero-order valence-electron chi connectivity index (χ0n) is 13.7. The van der Waals surface area contributed by atoms with E-state index in [2.05, 4.69) is 4.99 Å². The molecule has 0 unspecified atom stereocenters. The van der Waals surface area contributed by atoms with E-state index in [9.17, 15) is 14.0 Å². The van der Waals surface area contributed by atoms with Gasteiger partial charge in [0, 0.05) is 6.21 Å². The van der Waals surface area contributed by atoms with Crippen LogP contribution in [0.2, 0.25) is 0 Å². The zero-order chi connectivity index (χ0) is 18.4. The van der Waals surface area contributed by atoms with Crippen LogP contribution in [0.4, 0.5) is 14.4 Å². The van der Waals surface area contributed by atoms with Gasteiger partial charge in [-0.25, -0.2) is 19.0 Å². The molecule has 0 aliphatic carbocycles. The first-order chi connectivity index (χ1) is 12.0. The van der Waals surface area contributed by atoms with Crippen molar-refractivity contribution < 1.29 is 23.5 Å². The fourth-order valence-corrected chi connectivity index (χ4v) is 2.90. The summed E-state index contributed by atoms with van der Waals surface area (Å²) in [4.78, 5) is 28.6. The number of halogens is 1. The molecule has 1 heterocycles. The predicted molar refractivity (Wildman–Crippen MR) is 94.3 cm³/mol. The van der Waals surface area contributed by atoms with Crippen molar-refractivity contribution in [2.75, 3.05) is 18.9 Å². The Kier molecular flexibility index (Phi) is 6.24. The molecular formula is C17H17FN2O4S. The van der Waals surface area contributed by atoms with Gasteiger partial charge in [0.05, 0.1) is 13.2 Å². The quantitative estimate of drug-likeness (QED) is 0.625. The summed E-state index contributed by atoms with van der Waals surface area (Å²) in [5.74, 6) is -1.78. The van der Waals surface area contributed by atoms with E-state index in [1.54, 1.807) is 13.8 Å². The van der Waals surface area contributed by atoms with Gasteiger partial charge in [-0.05, 0) is 31.5 Å². The highest BCUT2D eigenvalue weighted by Gasteiger charge is 2.29. The number of ether oxygens (including phenoxy) is 2. The minimum Gasteiger partial charge on any atom is -0.462 e. The second kappa shape index (κ2) is 8.39. The van der Waals surface area contributed by atoms with E-state index in [-0.39, 0.29) is 40.2 Å². The van der Waals surface area contributed by atoms with Crippen molar-refractivity contribution >= 4 is 39.5 Å². The number of carbonyl (C=O) groups excluding carboxylic acids is 2. The molecule has 2 rings (SSSR count). The highest BCUT2D eigenvalue weighted by atomic mass is 32.1. The van der Waals surface area contributed by atoms with E-state index >= 15 is 0 Å². The van der Waals surface area contributed by atoms with Crippen LogP contribution in [0.5, 0.6) is 0 Å². The summed E-state index contributed by atoms with van der Waals surface area (Å²) in [7, 11) is 0. The third-order valence-electron chi connectivity index (χ3n) is 3.08. The molecule has 0 fully saturated rings. The number of nitrogens with zero attached hydrogens (tertiary/aromatic N) is 1. The molecule has 0 saturated carbocycles. The van der Waals surface area contributed by atoms with Gasteiger partial charge in [-0.15, -0.1) is 0 Å². The van der Waals surface area contributed by atoms with E-state index in [4.69, 9.17) is 15.2 Å². The van der Waals surface area contributed by atoms with E-state index in [0.29, 0.717) is 5.56 Å². The first kappa shape index (κ1) is 18.6. The van der Waals surface area contributed by atoms with Crippen molar-refractivity contribution in [3.63, 3.8) is 0 Å². The van der Waals surface area contributed by atoms with Crippen molar-refractivity contribution in [3.05, 3.63) is 46.8 Å². The van der Waals surface area contributed by atoms with E-state index in [1.165, 1.54) is 30.5 Å². The summed E-state index contributed by atoms with van der Waals surface area (Å²) < 4.78 is 22.9. The molecule has 0 saturated heterocycles. The number of aliphatic imine (C=N–C) groups is 1. The Balaban J connectivity index is 2.45. The number of hydrogen-bond acceptors (Lipinski definition) is 7. The fraction of sp³-hybridized carbons (Fsp3) is 0.235. The molecule has 0 spiro atoms. The Hall–Kier alpha value is -2.74. The summed E-state index contributed by atoms with van der Waals surface area (Å²) in [5.41, 5.74) is 6.44. The average Bonchev–Trinajstić information content (AvgIpc) is 2.91. The fourth-order valence-electron chi connectivity index (χ4n) is 2.01. The summed E-state index contributed by atoms with van der Waals surface area (Å²) in [6.45, 7) is 3.58. The van der Waals surface area contributed by atoms with Gasteiger partial charge in [0.25, 0.3) is 0 Å². The minimum atomic E-state index is -0.706. The Morgan fingerprint density at radius 1 is 1.12 bits per heavy atom. The van der Waals surface area contributed by atoms with Crippen LogP contribution in [0.1, 0.15) is 40.1 Å². The Morgan fingerprint density at radius 3 is 2.24 bits per heavy atom. The van der Waals surface area contributed by atoms with Crippen molar-refractivity contribution in [3.8, 4) is 0 Å². The monoisotopic (exact) mass is 364 g/mol. The van der Waals surface area contributed by atoms with Gasteiger partial charge < -0.3 is 15.2 Å². The highest BCUT2D eigenvalue weighted by molar-refractivity contribution is 7.20. The molecule has 0 atom stereocenters. The van der Waals surface area contributed by atoms with Crippen LogP contribution >= 0.6 is 11.3 Å². The maximum atomic E-state index is 13.0. The Bertz CT molecular complexity index is 800. The molecule has 8 heteroatoms. The minimum absolute atomic E-state index is 0.0267. The number of nitrogens with two attached hydrogens (primary N) is 1. The number of benzene rings is 1. The lowest BCUT2D eigenvalue weighted by atomic mass is 10.1. The Morgan fingerprint density at radius 2 is 1.68 bits per heavy atom. The molecule has 6 nitrogen and oxygen atoms in total. The third kappa shape index (κ3) is 4.42. The molecule has 132 valence electrons. The normalized spacial score (nSPS) is 10.8. The van der Waals surface area contributed by atoms with E-state index in [1.807, 2.05) is 0 Å². The first-order valence-electron chi connectivity index (χ1n) is 7.54. The maximum Gasteiger partial charge on any atom is 0.342 e. The van der Waals surface area contributed by atoms with Crippen LogP contribution in [0.25, 0.3) is 0 Å². The second-order valence-corrected chi connectivity index (χ2v) is 5.80. The van der Waals surface area contributed by atoms with Crippen LogP contribution in [0.15, 0.2) is 29.3 Å². The first-order valence-corrected chi connectivity index (χ1v) is 8.35. The molecule has 0 radical (unpaired) electrons. The summed E-state index contributed by atoms with van der Waals surface area (Å²) >= 11 is 0.976.